The van der Waals surface area contributed by atoms with Crippen molar-refractivity contribution in [2.24, 2.45) is 0 Å². The minimum Gasteiger partial charge on any atom is -0.497 e. The molecule has 0 saturated carbocycles. The van der Waals surface area contributed by atoms with Gasteiger partial charge < -0.3 is 14.5 Å². The summed E-state index contributed by atoms with van der Waals surface area (Å²) in [6.45, 7) is 4.18. The lowest BCUT2D eigenvalue weighted by molar-refractivity contribution is 0.415. The largest absolute Gasteiger partial charge is 0.497 e. The van der Waals surface area contributed by atoms with Crippen LogP contribution in [0.5, 0.6) is 5.75 Å². The van der Waals surface area contributed by atoms with Crippen molar-refractivity contribution in [3.8, 4) is 5.75 Å². The van der Waals surface area contributed by atoms with Gasteiger partial charge in [0.25, 0.3) is 0 Å². The molecule has 0 amide bonds. The number of para-hydroxylation sites is 1. The number of piperazine rings is 1. The zero-order valence-electron chi connectivity index (χ0n) is 17.2. The molecule has 150 valence electrons. The van der Waals surface area contributed by atoms with Crippen LogP contribution in [0.1, 0.15) is 30.5 Å². The monoisotopic (exact) mass is 387 g/mol. The fraction of sp³-hybridized carbons (Fsp3) is 0.400. The van der Waals surface area contributed by atoms with Gasteiger partial charge in [-0.1, -0.05) is 24.6 Å². The van der Waals surface area contributed by atoms with E-state index in [9.17, 15) is 0 Å². The molecule has 2 heterocycles. The Balaban J connectivity index is 1.45. The SMILES string of the molecule is COc1ccc(N2CCN(c3c4c(nc5ccccc35)CCCCC4)CC2)cc1. The topological polar surface area (TPSA) is 28.6 Å². The minimum atomic E-state index is 0.915. The molecule has 29 heavy (non-hydrogen) atoms. The normalized spacial score (nSPS) is 17.1. The maximum Gasteiger partial charge on any atom is 0.119 e. The van der Waals surface area contributed by atoms with E-state index in [1.54, 1.807) is 7.11 Å². The number of pyridine rings is 1. The average Bonchev–Trinajstić information content (AvgIpc) is 3.03. The third-order valence-electron chi connectivity index (χ3n) is 6.42. The predicted molar refractivity (Wildman–Crippen MR) is 120 cm³/mol. The van der Waals surface area contributed by atoms with Gasteiger partial charge in [0.2, 0.25) is 0 Å². The van der Waals surface area contributed by atoms with Gasteiger partial charge in [0, 0.05) is 42.9 Å². The van der Waals surface area contributed by atoms with Crippen molar-refractivity contribution in [1.29, 1.82) is 0 Å². The lowest BCUT2D eigenvalue weighted by atomic mass is 10.00. The Morgan fingerprint density at radius 2 is 1.52 bits per heavy atom. The van der Waals surface area contributed by atoms with E-state index in [2.05, 4.69) is 58.3 Å². The first kappa shape index (κ1) is 18.3. The van der Waals surface area contributed by atoms with Crippen molar-refractivity contribution in [2.45, 2.75) is 32.1 Å². The second kappa shape index (κ2) is 7.94. The number of hydrogen-bond acceptors (Lipinski definition) is 4. The molecular weight excluding hydrogens is 358 g/mol. The van der Waals surface area contributed by atoms with Crippen LogP contribution in [0.4, 0.5) is 11.4 Å². The lowest BCUT2D eigenvalue weighted by Gasteiger charge is -2.39. The fourth-order valence-electron chi connectivity index (χ4n) is 4.87. The molecule has 1 aliphatic carbocycles. The first-order chi connectivity index (χ1) is 14.3. The van der Waals surface area contributed by atoms with Gasteiger partial charge in [-0.25, -0.2) is 0 Å². The molecule has 0 atom stereocenters. The number of hydrogen-bond donors (Lipinski definition) is 0. The second-order valence-electron chi connectivity index (χ2n) is 8.14. The van der Waals surface area contributed by atoms with E-state index in [0.717, 1.165) is 43.9 Å². The van der Waals surface area contributed by atoms with Crippen LogP contribution in [0.15, 0.2) is 48.5 Å². The van der Waals surface area contributed by atoms with Gasteiger partial charge in [0.05, 0.1) is 18.3 Å². The summed E-state index contributed by atoms with van der Waals surface area (Å²) in [4.78, 5) is 10.2. The van der Waals surface area contributed by atoms with E-state index in [1.807, 2.05) is 0 Å². The maximum absolute atomic E-state index is 5.30. The van der Waals surface area contributed by atoms with E-state index < -0.39 is 0 Å². The molecule has 0 unspecified atom stereocenters. The van der Waals surface area contributed by atoms with Crippen molar-refractivity contribution < 1.29 is 4.74 Å². The van der Waals surface area contributed by atoms with E-state index in [-0.39, 0.29) is 0 Å². The average molecular weight is 388 g/mol. The molecule has 3 aromatic rings. The summed E-state index contributed by atoms with van der Waals surface area (Å²) in [6, 6.07) is 17.2. The van der Waals surface area contributed by atoms with Gasteiger partial charge in [-0.05, 0) is 61.6 Å². The summed E-state index contributed by atoms with van der Waals surface area (Å²) < 4.78 is 5.30. The number of ether oxygens (including phenoxy) is 1. The van der Waals surface area contributed by atoms with Crippen LogP contribution in [0.25, 0.3) is 10.9 Å². The van der Waals surface area contributed by atoms with Crippen LogP contribution >= 0.6 is 0 Å². The lowest BCUT2D eigenvalue weighted by Crippen LogP contribution is -2.47. The van der Waals surface area contributed by atoms with Crippen molar-refractivity contribution in [3.63, 3.8) is 0 Å². The Hall–Kier alpha value is -2.75. The molecule has 0 N–H and O–H groups in total. The van der Waals surface area contributed by atoms with E-state index in [1.165, 1.54) is 53.7 Å². The van der Waals surface area contributed by atoms with E-state index in [0.29, 0.717) is 0 Å². The van der Waals surface area contributed by atoms with Crippen molar-refractivity contribution >= 4 is 22.3 Å². The molecule has 2 aliphatic rings. The molecule has 0 spiro atoms. The molecular formula is C25H29N3O. The number of methoxy groups -OCH3 is 1. The van der Waals surface area contributed by atoms with Gasteiger partial charge in [-0.15, -0.1) is 0 Å². The Morgan fingerprint density at radius 3 is 2.31 bits per heavy atom. The summed E-state index contributed by atoms with van der Waals surface area (Å²) >= 11 is 0. The highest BCUT2D eigenvalue weighted by Gasteiger charge is 2.24. The first-order valence-corrected chi connectivity index (χ1v) is 10.9. The Kier molecular flexibility index (Phi) is 5.01. The molecule has 1 aromatic heterocycles. The van der Waals surface area contributed by atoms with Crippen LogP contribution in [0, 0.1) is 0 Å². The number of fused-ring (bicyclic) bond motifs is 2. The molecule has 4 heteroatoms. The van der Waals surface area contributed by atoms with Gasteiger partial charge in [-0.3, -0.25) is 4.98 Å². The smallest absolute Gasteiger partial charge is 0.119 e. The Bertz CT molecular complexity index is 991. The van der Waals surface area contributed by atoms with Gasteiger partial charge in [0.1, 0.15) is 5.75 Å². The number of benzene rings is 2. The zero-order valence-corrected chi connectivity index (χ0v) is 17.2. The summed E-state index contributed by atoms with van der Waals surface area (Å²) in [5.74, 6) is 0.915. The molecule has 1 fully saturated rings. The fourth-order valence-corrected chi connectivity index (χ4v) is 4.87. The standard InChI is InChI=1S/C25H29N3O/c1-29-20-13-11-19(12-14-20)27-15-17-28(18-16-27)25-21-7-3-2-4-9-23(21)26-24-10-6-5-8-22(24)25/h5-6,8,10-14H,2-4,7,9,15-18H2,1H3. The highest BCUT2D eigenvalue weighted by Crippen LogP contribution is 2.36. The second-order valence-corrected chi connectivity index (χ2v) is 8.14. The zero-order chi connectivity index (χ0) is 19.6. The summed E-state index contributed by atoms with van der Waals surface area (Å²) in [5.41, 5.74) is 6.75. The molecule has 0 radical (unpaired) electrons. The summed E-state index contributed by atoms with van der Waals surface area (Å²) in [5, 5.41) is 1.33. The molecule has 0 bridgehead atoms. The van der Waals surface area contributed by atoms with Gasteiger partial charge in [-0.2, -0.15) is 0 Å². The molecule has 1 saturated heterocycles. The minimum absolute atomic E-state index is 0.915. The highest BCUT2D eigenvalue weighted by molar-refractivity contribution is 5.94. The molecule has 2 aromatic carbocycles. The first-order valence-electron chi connectivity index (χ1n) is 10.9. The quantitative estimate of drug-likeness (QED) is 0.601. The van der Waals surface area contributed by atoms with Crippen LogP contribution in [0.2, 0.25) is 0 Å². The number of aromatic nitrogens is 1. The number of anilines is 2. The maximum atomic E-state index is 5.30. The molecule has 4 nitrogen and oxygen atoms in total. The van der Waals surface area contributed by atoms with Crippen LogP contribution < -0.4 is 14.5 Å². The van der Waals surface area contributed by atoms with Crippen LogP contribution in [0.3, 0.4) is 0 Å². The van der Waals surface area contributed by atoms with Gasteiger partial charge >= 0.3 is 0 Å². The van der Waals surface area contributed by atoms with Gasteiger partial charge in [0.15, 0.2) is 0 Å². The third-order valence-corrected chi connectivity index (χ3v) is 6.42. The molecule has 1 aliphatic heterocycles. The number of rotatable bonds is 3. The van der Waals surface area contributed by atoms with Crippen LogP contribution in [-0.2, 0) is 12.8 Å². The Labute approximate surface area is 173 Å². The number of aryl methyl sites for hydroxylation is 1. The highest BCUT2D eigenvalue weighted by atomic mass is 16.5. The summed E-state index contributed by atoms with van der Waals surface area (Å²) in [6.07, 6.45) is 6.16. The van der Waals surface area contributed by atoms with Crippen molar-refractivity contribution in [1.82, 2.24) is 4.98 Å². The Morgan fingerprint density at radius 1 is 0.793 bits per heavy atom. The number of nitrogens with zero attached hydrogens (tertiary/aromatic N) is 3. The third kappa shape index (κ3) is 3.52. The molecule has 5 rings (SSSR count). The summed E-state index contributed by atoms with van der Waals surface area (Å²) in [7, 11) is 1.72. The van der Waals surface area contributed by atoms with E-state index in [4.69, 9.17) is 9.72 Å². The van der Waals surface area contributed by atoms with Crippen LogP contribution in [-0.4, -0.2) is 38.3 Å². The predicted octanol–water partition coefficient (Wildman–Crippen LogP) is 4.84. The van der Waals surface area contributed by atoms with Crippen molar-refractivity contribution in [3.05, 3.63) is 59.8 Å². The van der Waals surface area contributed by atoms with Crippen molar-refractivity contribution in [2.75, 3.05) is 43.1 Å². The van der Waals surface area contributed by atoms with E-state index >= 15 is 0 Å².